The molecule has 0 aliphatic heterocycles. The van der Waals surface area contributed by atoms with Crippen LogP contribution in [0.4, 0.5) is 0 Å². The summed E-state index contributed by atoms with van der Waals surface area (Å²) in [4.78, 5) is 2.33. The predicted octanol–water partition coefficient (Wildman–Crippen LogP) is 4.69. The Hall–Kier alpha value is -2.30. The molecule has 1 heteroatoms. The zero-order valence-corrected chi connectivity index (χ0v) is 13.3. The van der Waals surface area contributed by atoms with Crippen LogP contribution in [-0.4, -0.2) is 24.5 Å². The second kappa shape index (κ2) is 6.64. The van der Waals surface area contributed by atoms with Gasteiger partial charge in [0.1, 0.15) is 0 Å². The summed E-state index contributed by atoms with van der Waals surface area (Å²) in [5, 5.41) is 5.00. The predicted molar refractivity (Wildman–Crippen MR) is 96.1 cm³/mol. The lowest BCUT2D eigenvalue weighted by molar-refractivity contribution is 0.342. The van der Waals surface area contributed by atoms with Crippen LogP contribution < -0.4 is 0 Å². The molecule has 0 aliphatic rings. The van der Waals surface area contributed by atoms with E-state index in [-0.39, 0.29) is 0 Å². The summed E-state index contributed by atoms with van der Waals surface area (Å²) in [6.45, 7) is 7.27. The van der Waals surface area contributed by atoms with E-state index in [1.165, 1.54) is 21.5 Å². The van der Waals surface area contributed by atoms with Crippen molar-refractivity contribution in [2.45, 2.75) is 13.8 Å². The van der Waals surface area contributed by atoms with Gasteiger partial charge in [-0.25, -0.2) is 0 Å². The highest BCUT2D eigenvalue weighted by Crippen LogP contribution is 2.27. The fourth-order valence-electron chi connectivity index (χ4n) is 2.84. The van der Waals surface area contributed by atoms with Gasteiger partial charge < -0.3 is 0 Å². The van der Waals surface area contributed by atoms with E-state index in [2.05, 4.69) is 85.2 Å². The van der Waals surface area contributed by atoms with Gasteiger partial charge >= 0.3 is 0 Å². The quantitative estimate of drug-likeness (QED) is 0.499. The van der Waals surface area contributed by atoms with Gasteiger partial charge in [0.25, 0.3) is 0 Å². The summed E-state index contributed by atoms with van der Waals surface area (Å²) in [6.07, 6.45) is 0. The van der Waals surface area contributed by atoms with Crippen LogP contribution >= 0.6 is 0 Å². The monoisotopic (exact) mass is 287 g/mol. The Morgan fingerprint density at radius 2 is 1.36 bits per heavy atom. The first-order valence-electron chi connectivity index (χ1n) is 7.95. The van der Waals surface area contributed by atoms with Crippen LogP contribution in [0.2, 0.25) is 0 Å². The van der Waals surface area contributed by atoms with Crippen molar-refractivity contribution in [2.75, 3.05) is 19.6 Å². The van der Waals surface area contributed by atoms with Gasteiger partial charge in [-0.15, -0.1) is 0 Å². The molecule has 0 amide bonds. The van der Waals surface area contributed by atoms with E-state index in [9.17, 15) is 0 Å². The first-order valence-corrected chi connectivity index (χ1v) is 7.95. The van der Waals surface area contributed by atoms with Gasteiger partial charge in [0.15, 0.2) is 0 Å². The van der Waals surface area contributed by atoms with Crippen LogP contribution in [0.25, 0.3) is 21.5 Å². The third-order valence-corrected chi connectivity index (χ3v) is 4.18. The molecule has 0 aromatic heterocycles. The topological polar surface area (TPSA) is 3.24 Å². The van der Waals surface area contributed by atoms with E-state index in [4.69, 9.17) is 0 Å². The van der Waals surface area contributed by atoms with Crippen LogP contribution in [-0.2, 0) is 0 Å². The Kier molecular flexibility index (Phi) is 4.42. The molecule has 110 valence electrons. The highest BCUT2D eigenvalue weighted by molar-refractivity contribution is 6.04. The lowest BCUT2D eigenvalue weighted by atomic mass is 9.97. The standard InChI is InChI=1S/C21H21N/c1-3-22(4-2)15-9-14-21-19-12-7-5-10-17(19)16-18-11-6-8-13-20(18)21/h5-8,10-13,16H,3-4,15H2,1-2H3. The van der Waals surface area contributed by atoms with Gasteiger partial charge in [-0.05, 0) is 40.7 Å². The molecule has 0 radical (unpaired) electrons. The summed E-state index contributed by atoms with van der Waals surface area (Å²) >= 11 is 0. The molecule has 0 atom stereocenters. The average Bonchev–Trinajstić information content (AvgIpc) is 2.58. The Morgan fingerprint density at radius 3 is 1.91 bits per heavy atom. The van der Waals surface area contributed by atoms with Gasteiger partial charge in [-0.3, -0.25) is 4.90 Å². The van der Waals surface area contributed by atoms with Crippen molar-refractivity contribution in [3.8, 4) is 11.8 Å². The second-order valence-electron chi connectivity index (χ2n) is 5.46. The molecule has 3 aromatic rings. The van der Waals surface area contributed by atoms with Crippen molar-refractivity contribution in [1.82, 2.24) is 4.90 Å². The molecular formula is C21H21N. The molecule has 0 aliphatic carbocycles. The zero-order chi connectivity index (χ0) is 15.4. The molecule has 22 heavy (non-hydrogen) atoms. The molecule has 0 fully saturated rings. The number of fused-ring (bicyclic) bond motifs is 2. The van der Waals surface area contributed by atoms with Gasteiger partial charge in [-0.1, -0.05) is 74.2 Å². The molecule has 0 unspecified atom stereocenters. The molecule has 1 nitrogen and oxygen atoms in total. The Morgan fingerprint density at radius 1 is 0.818 bits per heavy atom. The number of rotatable bonds is 3. The number of hydrogen-bond donors (Lipinski definition) is 0. The Balaban J connectivity index is 2.14. The maximum atomic E-state index is 3.44. The van der Waals surface area contributed by atoms with E-state index in [0.29, 0.717) is 0 Å². The largest absolute Gasteiger partial charge is 0.293 e. The Bertz CT molecular complexity index is 794. The minimum Gasteiger partial charge on any atom is -0.293 e. The Labute approximate surface area is 132 Å². The molecule has 0 N–H and O–H groups in total. The minimum atomic E-state index is 0.824. The number of nitrogens with zero attached hydrogens (tertiary/aromatic N) is 1. The van der Waals surface area contributed by atoms with E-state index >= 15 is 0 Å². The summed E-state index contributed by atoms with van der Waals surface area (Å²) in [7, 11) is 0. The van der Waals surface area contributed by atoms with Crippen molar-refractivity contribution in [3.05, 3.63) is 60.2 Å². The zero-order valence-electron chi connectivity index (χ0n) is 13.3. The van der Waals surface area contributed by atoms with Gasteiger partial charge in [0.2, 0.25) is 0 Å². The summed E-state index contributed by atoms with van der Waals surface area (Å²) in [5.41, 5.74) is 1.15. The second-order valence-corrected chi connectivity index (χ2v) is 5.46. The van der Waals surface area contributed by atoms with Crippen molar-refractivity contribution in [2.24, 2.45) is 0 Å². The van der Waals surface area contributed by atoms with Crippen LogP contribution in [0, 0.1) is 11.8 Å². The SMILES string of the molecule is CCN(CC)CC#Cc1c2ccccc2cc2ccccc12. The molecule has 3 aromatic carbocycles. The van der Waals surface area contributed by atoms with E-state index < -0.39 is 0 Å². The smallest absolute Gasteiger partial charge is 0.0605 e. The lowest BCUT2D eigenvalue weighted by Gasteiger charge is -2.13. The number of benzene rings is 3. The third-order valence-electron chi connectivity index (χ3n) is 4.18. The first-order chi connectivity index (χ1) is 10.8. The van der Waals surface area contributed by atoms with E-state index in [1.54, 1.807) is 0 Å². The average molecular weight is 287 g/mol. The summed E-state index contributed by atoms with van der Waals surface area (Å²) < 4.78 is 0. The van der Waals surface area contributed by atoms with Crippen LogP contribution in [0.1, 0.15) is 19.4 Å². The van der Waals surface area contributed by atoms with E-state index in [1.807, 2.05) is 0 Å². The van der Waals surface area contributed by atoms with Crippen LogP contribution in [0.3, 0.4) is 0 Å². The normalized spacial score (nSPS) is 10.9. The maximum Gasteiger partial charge on any atom is 0.0605 e. The lowest BCUT2D eigenvalue weighted by Crippen LogP contribution is -2.22. The summed E-state index contributed by atoms with van der Waals surface area (Å²) in [5.74, 6) is 6.80. The third kappa shape index (κ3) is 2.84. The van der Waals surface area contributed by atoms with Gasteiger partial charge in [0.05, 0.1) is 6.54 Å². The van der Waals surface area contributed by atoms with Crippen LogP contribution in [0.5, 0.6) is 0 Å². The molecule has 3 rings (SSSR count). The minimum absolute atomic E-state index is 0.824. The first kappa shape index (κ1) is 14.6. The van der Waals surface area contributed by atoms with E-state index in [0.717, 1.165) is 25.2 Å². The number of hydrogen-bond acceptors (Lipinski definition) is 1. The van der Waals surface area contributed by atoms with Crippen molar-refractivity contribution < 1.29 is 0 Å². The van der Waals surface area contributed by atoms with Crippen molar-refractivity contribution in [3.63, 3.8) is 0 Å². The molecule has 0 saturated carbocycles. The van der Waals surface area contributed by atoms with Crippen molar-refractivity contribution >= 4 is 21.5 Å². The molecule has 0 heterocycles. The molecular weight excluding hydrogens is 266 g/mol. The van der Waals surface area contributed by atoms with Crippen molar-refractivity contribution in [1.29, 1.82) is 0 Å². The van der Waals surface area contributed by atoms with Crippen LogP contribution in [0.15, 0.2) is 54.6 Å². The molecule has 0 saturated heterocycles. The molecule has 0 bridgehead atoms. The van der Waals surface area contributed by atoms with Gasteiger partial charge in [0, 0.05) is 5.56 Å². The summed E-state index contributed by atoms with van der Waals surface area (Å²) in [6, 6.07) is 19.3. The molecule has 0 spiro atoms. The highest BCUT2D eigenvalue weighted by atomic mass is 15.1. The fourth-order valence-corrected chi connectivity index (χ4v) is 2.84. The highest BCUT2D eigenvalue weighted by Gasteiger charge is 2.04. The maximum absolute atomic E-state index is 3.44. The fraction of sp³-hybridized carbons (Fsp3) is 0.238. The van der Waals surface area contributed by atoms with Gasteiger partial charge in [-0.2, -0.15) is 0 Å².